The van der Waals surface area contributed by atoms with Gasteiger partial charge in [-0.05, 0) is 56.6 Å². The third kappa shape index (κ3) is 3.10. The summed E-state index contributed by atoms with van der Waals surface area (Å²) in [5.41, 5.74) is 1.23. The maximum Gasteiger partial charge on any atom is 0.251 e. The number of aryl methyl sites for hydroxylation is 1. The molecule has 2 rings (SSSR count). The van der Waals surface area contributed by atoms with E-state index in [1.165, 1.54) is 5.56 Å². The molecular weight excluding hydrogens is 272 g/mol. The van der Waals surface area contributed by atoms with Crippen molar-refractivity contribution in [3.05, 3.63) is 29.8 Å². The molecule has 4 nitrogen and oxygen atoms in total. The fourth-order valence-electron chi connectivity index (χ4n) is 2.34. The van der Waals surface area contributed by atoms with E-state index in [0.29, 0.717) is 5.11 Å². The topological polar surface area (TPSA) is 41.6 Å². The lowest BCUT2D eigenvalue weighted by Crippen LogP contribution is -2.39. The molecule has 1 saturated heterocycles. The van der Waals surface area contributed by atoms with Crippen LogP contribution in [0.1, 0.15) is 25.8 Å². The molecule has 1 heterocycles. The number of amides is 1. The molecule has 1 aliphatic rings. The zero-order valence-electron chi connectivity index (χ0n) is 12.1. The molecule has 1 amide bonds. The second-order valence-corrected chi connectivity index (χ2v) is 5.50. The molecule has 1 aliphatic heterocycles. The van der Waals surface area contributed by atoms with Crippen molar-refractivity contribution in [3.63, 3.8) is 0 Å². The van der Waals surface area contributed by atoms with Gasteiger partial charge in [0.1, 0.15) is 11.8 Å². The Bertz CT molecular complexity index is 501. The van der Waals surface area contributed by atoms with Crippen molar-refractivity contribution < 1.29 is 9.53 Å². The van der Waals surface area contributed by atoms with Crippen LogP contribution in [0.5, 0.6) is 5.75 Å². The first-order chi connectivity index (χ1) is 9.52. The minimum Gasteiger partial charge on any atom is -0.497 e. The molecule has 0 aliphatic carbocycles. The van der Waals surface area contributed by atoms with Crippen LogP contribution in [0, 0.1) is 0 Å². The average Bonchev–Trinajstić information content (AvgIpc) is 2.70. The Morgan fingerprint density at radius 2 is 2.05 bits per heavy atom. The number of carbonyl (C=O) groups is 1. The highest BCUT2D eigenvalue weighted by atomic mass is 32.1. The molecule has 0 aromatic heterocycles. The van der Waals surface area contributed by atoms with Crippen LogP contribution in [-0.2, 0) is 11.2 Å². The summed E-state index contributed by atoms with van der Waals surface area (Å²) in [5, 5.41) is 3.55. The third-order valence-electron chi connectivity index (χ3n) is 3.62. The van der Waals surface area contributed by atoms with Crippen molar-refractivity contribution in [1.29, 1.82) is 0 Å². The first-order valence-corrected chi connectivity index (χ1v) is 7.20. The van der Waals surface area contributed by atoms with Gasteiger partial charge in [-0.15, -0.1) is 0 Å². The molecular formula is C15H20N2O2S. The van der Waals surface area contributed by atoms with Gasteiger partial charge in [-0.25, -0.2) is 0 Å². The Balaban J connectivity index is 1.93. The Labute approximate surface area is 125 Å². The van der Waals surface area contributed by atoms with Gasteiger partial charge in [0, 0.05) is 6.04 Å². The standard InChI is InChI=1S/C15H20N2O2S/c1-10(17-14(18)11(2)16-15(17)20)4-5-12-6-8-13(19-3)9-7-12/h6-11H,4-5H2,1-3H3,(H,16,20)/t10-,11-/m1/s1. The van der Waals surface area contributed by atoms with Crippen molar-refractivity contribution in [3.8, 4) is 5.75 Å². The molecule has 0 radical (unpaired) electrons. The van der Waals surface area contributed by atoms with E-state index in [1.807, 2.05) is 26.0 Å². The summed E-state index contributed by atoms with van der Waals surface area (Å²) in [6.07, 6.45) is 1.79. The number of benzene rings is 1. The highest BCUT2D eigenvalue weighted by Gasteiger charge is 2.34. The van der Waals surface area contributed by atoms with Crippen molar-refractivity contribution in [2.24, 2.45) is 0 Å². The van der Waals surface area contributed by atoms with Crippen LogP contribution in [0.15, 0.2) is 24.3 Å². The molecule has 5 heteroatoms. The normalized spacial score (nSPS) is 19.9. The number of hydrogen-bond donors (Lipinski definition) is 1. The largest absolute Gasteiger partial charge is 0.497 e. The lowest BCUT2D eigenvalue weighted by Gasteiger charge is -2.23. The summed E-state index contributed by atoms with van der Waals surface area (Å²) in [6, 6.07) is 7.91. The van der Waals surface area contributed by atoms with Crippen LogP contribution >= 0.6 is 12.2 Å². The van der Waals surface area contributed by atoms with Crippen LogP contribution < -0.4 is 10.1 Å². The second kappa shape index (κ2) is 6.22. The monoisotopic (exact) mass is 292 g/mol. The van der Waals surface area contributed by atoms with E-state index in [0.717, 1.165) is 18.6 Å². The number of nitrogens with one attached hydrogen (secondary N) is 1. The minimum absolute atomic E-state index is 0.0669. The molecule has 1 aromatic rings. The van der Waals surface area contributed by atoms with Crippen molar-refractivity contribution in [2.45, 2.75) is 38.8 Å². The predicted octanol–water partition coefficient (Wildman–Crippen LogP) is 2.12. The lowest BCUT2D eigenvalue weighted by atomic mass is 10.1. The Kier molecular flexibility index (Phi) is 4.60. The molecule has 0 unspecified atom stereocenters. The van der Waals surface area contributed by atoms with Gasteiger partial charge in [0.2, 0.25) is 0 Å². The van der Waals surface area contributed by atoms with Crippen molar-refractivity contribution in [2.75, 3.05) is 7.11 Å². The van der Waals surface area contributed by atoms with Gasteiger partial charge >= 0.3 is 0 Å². The van der Waals surface area contributed by atoms with Crippen LogP contribution in [0.3, 0.4) is 0 Å². The van der Waals surface area contributed by atoms with E-state index in [4.69, 9.17) is 17.0 Å². The van der Waals surface area contributed by atoms with E-state index >= 15 is 0 Å². The maximum absolute atomic E-state index is 12.0. The van der Waals surface area contributed by atoms with Crippen LogP contribution in [-0.4, -0.2) is 35.1 Å². The van der Waals surface area contributed by atoms with Crippen LogP contribution in [0.4, 0.5) is 0 Å². The van der Waals surface area contributed by atoms with Gasteiger partial charge in [-0.3, -0.25) is 9.69 Å². The van der Waals surface area contributed by atoms with Crippen LogP contribution in [0.2, 0.25) is 0 Å². The molecule has 1 fully saturated rings. The molecule has 1 aromatic carbocycles. The maximum atomic E-state index is 12.0. The summed E-state index contributed by atoms with van der Waals surface area (Å²) in [7, 11) is 1.66. The lowest BCUT2D eigenvalue weighted by molar-refractivity contribution is -0.128. The summed E-state index contributed by atoms with van der Waals surface area (Å²) in [6.45, 7) is 3.87. The zero-order chi connectivity index (χ0) is 14.7. The first kappa shape index (κ1) is 14.8. The highest BCUT2D eigenvalue weighted by Crippen LogP contribution is 2.17. The number of ether oxygens (including phenoxy) is 1. The van der Waals surface area contributed by atoms with E-state index in [-0.39, 0.29) is 18.0 Å². The molecule has 1 N–H and O–H groups in total. The Morgan fingerprint density at radius 1 is 1.40 bits per heavy atom. The average molecular weight is 292 g/mol. The first-order valence-electron chi connectivity index (χ1n) is 6.79. The van der Waals surface area contributed by atoms with Crippen LogP contribution in [0.25, 0.3) is 0 Å². The molecule has 0 bridgehead atoms. The smallest absolute Gasteiger partial charge is 0.251 e. The Hall–Kier alpha value is -1.62. The SMILES string of the molecule is COc1ccc(CC[C@@H](C)N2C(=O)[C@@H](C)NC2=S)cc1. The van der Waals surface area contributed by atoms with Crippen molar-refractivity contribution in [1.82, 2.24) is 10.2 Å². The minimum atomic E-state index is -0.203. The summed E-state index contributed by atoms with van der Waals surface area (Å²) < 4.78 is 5.14. The van der Waals surface area contributed by atoms with Crippen molar-refractivity contribution >= 4 is 23.2 Å². The summed E-state index contributed by atoms with van der Waals surface area (Å²) in [4.78, 5) is 13.7. The molecule has 2 atom stereocenters. The molecule has 20 heavy (non-hydrogen) atoms. The van der Waals surface area contributed by atoms with Gasteiger partial charge in [-0.1, -0.05) is 12.1 Å². The number of hydrogen-bond acceptors (Lipinski definition) is 3. The van der Waals surface area contributed by atoms with Gasteiger partial charge in [0.15, 0.2) is 5.11 Å². The number of rotatable bonds is 5. The molecule has 108 valence electrons. The highest BCUT2D eigenvalue weighted by molar-refractivity contribution is 7.80. The number of thiocarbonyl (C=S) groups is 1. The summed E-state index contributed by atoms with van der Waals surface area (Å²) >= 11 is 5.21. The van der Waals surface area contributed by atoms with E-state index in [1.54, 1.807) is 12.0 Å². The van der Waals surface area contributed by atoms with E-state index in [9.17, 15) is 4.79 Å². The van der Waals surface area contributed by atoms with E-state index < -0.39 is 0 Å². The summed E-state index contributed by atoms with van der Waals surface area (Å²) in [5.74, 6) is 0.924. The Morgan fingerprint density at radius 3 is 2.55 bits per heavy atom. The molecule has 0 saturated carbocycles. The zero-order valence-corrected chi connectivity index (χ0v) is 12.9. The van der Waals surface area contributed by atoms with Gasteiger partial charge in [0.25, 0.3) is 5.91 Å². The second-order valence-electron chi connectivity index (χ2n) is 5.12. The van der Waals surface area contributed by atoms with Gasteiger partial charge in [-0.2, -0.15) is 0 Å². The number of carbonyl (C=O) groups excluding carboxylic acids is 1. The van der Waals surface area contributed by atoms with Gasteiger partial charge in [0.05, 0.1) is 7.11 Å². The quantitative estimate of drug-likeness (QED) is 0.844. The number of nitrogens with zero attached hydrogens (tertiary/aromatic N) is 1. The predicted molar refractivity (Wildman–Crippen MR) is 82.8 cm³/mol. The fourth-order valence-corrected chi connectivity index (χ4v) is 2.79. The number of methoxy groups -OCH3 is 1. The van der Waals surface area contributed by atoms with Gasteiger partial charge < -0.3 is 10.1 Å². The van der Waals surface area contributed by atoms with E-state index in [2.05, 4.69) is 17.4 Å². The fraction of sp³-hybridized carbons (Fsp3) is 0.467. The molecule has 0 spiro atoms. The third-order valence-corrected chi connectivity index (χ3v) is 3.93.